The maximum atomic E-state index is 12.7. The molecule has 1 amide bonds. The first kappa shape index (κ1) is 17.4. The quantitative estimate of drug-likeness (QED) is 0.551. The van der Waals surface area contributed by atoms with E-state index in [0.29, 0.717) is 11.6 Å². The minimum atomic E-state index is -0.335. The number of fused-ring (bicyclic) bond motifs is 1. The molecule has 0 bridgehead atoms. The Morgan fingerprint density at radius 1 is 0.929 bits per heavy atom. The summed E-state index contributed by atoms with van der Waals surface area (Å²) < 4.78 is 5.14. The van der Waals surface area contributed by atoms with Crippen LogP contribution in [0.1, 0.15) is 10.5 Å². The monoisotopic (exact) mass is 371 g/mol. The molecule has 138 valence electrons. The van der Waals surface area contributed by atoms with Crippen LogP contribution in [0.25, 0.3) is 10.9 Å². The normalized spacial score (nSPS) is 10.5. The van der Waals surface area contributed by atoms with E-state index in [1.54, 1.807) is 19.4 Å². The van der Waals surface area contributed by atoms with Crippen LogP contribution in [0.4, 0.5) is 17.3 Å². The van der Waals surface area contributed by atoms with Crippen LogP contribution in [0, 0.1) is 0 Å². The SMILES string of the molecule is COc1ccc(Nc2nccc(C(=O)Nc3cccc4cccnc34)n2)cc1. The van der Waals surface area contributed by atoms with E-state index in [0.717, 1.165) is 22.3 Å². The lowest BCUT2D eigenvalue weighted by atomic mass is 10.2. The van der Waals surface area contributed by atoms with Crippen LogP contribution in [0.3, 0.4) is 0 Å². The molecule has 0 radical (unpaired) electrons. The van der Waals surface area contributed by atoms with Gasteiger partial charge in [0.1, 0.15) is 11.4 Å². The van der Waals surface area contributed by atoms with E-state index in [1.165, 1.54) is 6.20 Å². The molecule has 7 nitrogen and oxygen atoms in total. The summed E-state index contributed by atoms with van der Waals surface area (Å²) in [5, 5.41) is 6.89. The number of hydrogen-bond donors (Lipinski definition) is 2. The first-order valence-corrected chi connectivity index (χ1v) is 8.62. The third-order valence-corrected chi connectivity index (χ3v) is 4.12. The Morgan fingerprint density at radius 2 is 1.75 bits per heavy atom. The fourth-order valence-electron chi connectivity index (χ4n) is 2.74. The molecule has 0 spiro atoms. The molecule has 0 aliphatic rings. The maximum absolute atomic E-state index is 12.7. The zero-order chi connectivity index (χ0) is 19.3. The van der Waals surface area contributed by atoms with Crippen LogP contribution >= 0.6 is 0 Å². The highest BCUT2D eigenvalue weighted by Gasteiger charge is 2.11. The Hall–Kier alpha value is -4.00. The number of nitrogens with zero attached hydrogens (tertiary/aromatic N) is 3. The Balaban J connectivity index is 1.54. The fourth-order valence-corrected chi connectivity index (χ4v) is 2.74. The molecule has 7 heteroatoms. The molecule has 2 aromatic carbocycles. The van der Waals surface area contributed by atoms with Gasteiger partial charge < -0.3 is 15.4 Å². The van der Waals surface area contributed by atoms with Crippen molar-refractivity contribution in [1.82, 2.24) is 15.0 Å². The van der Waals surface area contributed by atoms with Gasteiger partial charge in [0.15, 0.2) is 0 Å². The van der Waals surface area contributed by atoms with Gasteiger partial charge in [0.05, 0.1) is 18.3 Å². The Morgan fingerprint density at radius 3 is 2.57 bits per heavy atom. The van der Waals surface area contributed by atoms with Gasteiger partial charge >= 0.3 is 0 Å². The number of benzene rings is 2. The minimum Gasteiger partial charge on any atom is -0.497 e. The summed E-state index contributed by atoms with van der Waals surface area (Å²) in [7, 11) is 1.61. The van der Waals surface area contributed by atoms with Gasteiger partial charge in [0.2, 0.25) is 5.95 Å². The Kier molecular flexibility index (Phi) is 4.79. The topological polar surface area (TPSA) is 89.0 Å². The number of carbonyl (C=O) groups excluding carboxylic acids is 1. The number of anilines is 3. The van der Waals surface area contributed by atoms with Crippen molar-refractivity contribution in [3.8, 4) is 5.75 Å². The van der Waals surface area contributed by atoms with Gasteiger partial charge in [-0.3, -0.25) is 9.78 Å². The number of aromatic nitrogens is 3. The number of methoxy groups -OCH3 is 1. The summed E-state index contributed by atoms with van der Waals surface area (Å²) >= 11 is 0. The average molecular weight is 371 g/mol. The molecule has 2 N–H and O–H groups in total. The van der Waals surface area contributed by atoms with Gasteiger partial charge in [0, 0.05) is 23.5 Å². The number of pyridine rings is 1. The lowest BCUT2D eigenvalue weighted by molar-refractivity contribution is 0.102. The van der Waals surface area contributed by atoms with E-state index in [-0.39, 0.29) is 11.6 Å². The van der Waals surface area contributed by atoms with Crippen molar-refractivity contribution >= 4 is 34.1 Å². The van der Waals surface area contributed by atoms with E-state index in [9.17, 15) is 4.79 Å². The molecule has 0 saturated heterocycles. The summed E-state index contributed by atoms with van der Waals surface area (Å²) in [4.78, 5) is 25.5. The number of nitrogens with one attached hydrogen (secondary N) is 2. The minimum absolute atomic E-state index is 0.249. The smallest absolute Gasteiger partial charge is 0.274 e. The Bertz CT molecular complexity index is 1120. The number of ether oxygens (including phenoxy) is 1. The maximum Gasteiger partial charge on any atom is 0.274 e. The van der Waals surface area contributed by atoms with Crippen LogP contribution in [0.5, 0.6) is 5.75 Å². The predicted octanol–water partition coefficient (Wildman–Crippen LogP) is 4.03. The highest BCUT2D eigenvalue weighted by Crippen LogP contribution is 2.21. The predicted molar refractivity (Wildman–Crippen MR) is 108 cm³/mol. The highest BCUT2D eigenvalue weighted by atomic mass is 16.5. The highest BCUT2D eigenvalue weighted by molar-refractivity contribution is 6.07. The zero-order valence-electron chi connectivity index (χ0n) is 15.1. The number of hydrogen-bond acceptors (Lipinski definition) is 6. The summed E-state index contributed by atoms with van der Waals surface area (Å²) in [5.74, 6) is 0.746. The lowest BCUT2D eigenvalue weighted by Gasteiger charge is -2.09. The second-order valence-electron chi connectivity index (χ2n) is 5.95. The van der Waals surface area contributed by atoms with Crippen molar-refractivity contribution in [2.45, 2.75) is 0 Å². The fraction of sp³-hybridized carbons (Fsp3) is 0.0476. The number of amides is 1. The van der Waals surface area contributed by atoms with Gasteiger partial charge in [-0.25, -0.2) is 9.97 Å². The molecule has 4 rings (SSSR count). The molecule has 0 unspecified atom stereocenters. The molecule has 4 aromatic rings. The summed E-state index contributed by atoms with van der Waals surface area (Å²) in [6.45, 7) is 0. The molecular formula is C21H17N5O2. The van der Waals surface area contributed by atoms with Crippen LogP contribution in [0.2, 0.25) is 0 Å². The Labute approximate surface area is 161 Å². The van der Waals surface area contributed by atoms with E-state index in [1.807, 2.05) is 54.6 Å². The zero-order valence-corrected chi connectivity index (χ0v) is 15.1. The molecule has 0 saturated carbocycles. The van der Waals surface area contributed by atoms with Crippen LogP contribution in [0.15, 0.2) is 73.1 Å². The molecule has 28 heavy (non-hydrogen) atoms. The number of para-hydroxylation sites is 1. The van der Waals surface area contributed by atoms with Crippen LogP contribution < -0.4 is 15.4 Å². The third kappa shape index (κ3) is 3.73. The summed E-state index contributed by atoms with van der Waals surface area (Å²) in [6, 6.07) is 18.3. The van der Waals surface area contributed by atoms with E-state index < -0.39 is 0 Å². The van der Waals surface area contributed by atoms with Crippen molar-refractivity contribution in [3.05, 3.63) is 78.8 Å². The van der Waals surface area contributed by atoms with E-state index >= 15 is 0 Å². The van der Waals surface area contributed by atoms with Crippen molar-refractivity contribution in [1.29, 1.82) is 0 Å². The molecular weight excluding hydrogens is 354 g/mol. The standard InChI is InChI=1S/C21H17N5O2/c1-28-16-9-7-15(8-10-16)24-21-23-13-11-18(26-21)20(27)25-17-6-2-4-14-5-3-12-22-19(14)17/h2-13H,1H3,(H,25,27)(H,23,24,26). The average Bonchev–Trinajstić information content (AvgIpc) is 2.75. The second kappa shape index (κ2) is 7.71. The first-order chi connectivity index (χ1) is 13.7. The van der Waals surface area contributed by atoms with E-state index in [2.05, 4.69) is 25.6 Å². The number of rotatable bonds is 5. The van der Waals surface area contributed by atoms with Crippen molar-refractivity contribution in [2.75, 3.05) is 17.7 Å². The second-order valence-corrected chi connectivity index (χ2v) is 5.95. The van der Waals surface area contributed by atoms with Crippen LogP contribution in [-0.2, 0) is 0 Å². The van der Waals surface area contributed by atoms with Gasteiger partial charge in [-0.05, 0) is 42.5 Å². The van der Waals surface area contributed by atoms with Crippen LogP contribution in [-0.4, -0.2) is 28.0 Å². The van der Waals surface area contributed by atoms with Gasteiger partial charge in [-0.15, -0.1) is 0 Å². The molecule has 0 atom stereocenters. The summed E-state index contributed by atoms with van der Waals surface area (Å²) in [5.41, 5.74) is 2.39. The molecule has 0 fully saturated rings. The van der Waals surface area contributed by atoms with Crippen molar-refractivity contribution in [2.24, 2.45) is 0 Å². The first-order valence-electron chi connectivity index (χ1n) is 8.62. The van der Waals surface area contributed by atoms with E-state index in [4.69, 9.17) is 4.74 Å². The van der Waals surface area contributed by atoms with Gasteiger partial charge in [0.25, 0.3) is 5.91 Å². The van der Waals surface area contributed by atoms with Crippen molar-refractivity contribution < 1.29 is 9.53 Å². The molecule has 2 heterocycles. The third-order valence-electron chi connectivity index (χ3n) is 4.12. The largest absolute Gasteiger partial charge is 0.497 e. The van der Waals surface area contributed by atoms with Gasteiger partial charge in [-0.1, -0.05) is 18.2 Å². The van der Waals surface area contributed by atoms with Gasteiger partial charge in [-0.2, -0.15) is 0 Å². The lowest BCUT2D eigenvalue weighted by Crippen LogP contribution is -2.15. The summed E-state index contributed by atoms with van der Waals surface area (Å²) in [6.07, 6.45) is 3.23. The molecule has 0 aliphatic carbocycles. The number of carbonyl (C=O) groups is 1. The van der Waals surface area contributed by atoms with Crippen molar-refractivity contribution in [3.63, 3.8) is 0 Å². The molecule has 2 aromatic heterocycles. The molecule has 0 aliphatic heterocycles.